The lowest BCUT2D eigenvalue weighted by Crippen LogP contribution is -2.44. The highest BCUT2D eigenvalue weighted by Gasteiger charge is 2.36. The lowest BCUT2D eigenvalue weighted by atomic mass is 10.2. The van der Waals surface area contributed by atoms with Gasteiger partial charge in [0.05, 0.1) is 11.9 Å². The molecule has 0 radical (unpaired) electrons. The summed E-state index contributed by atoms with van der Waals surface area (Å²) in [4.78, 5) is 28.4. The summed E-state index contributed by atoms with van der Waals surface area (Å²) in [5.41, 5.74) is -3.02. The molecule has 134 valence electrons. The van der Waals surface area contributed by atoms with Gasteiger partial charge in [0.2, 0.25) is 0 Å². The second-order valence-corrected chi connectivity index (χ2v) is 7.15. The average molecular weight is 344 g/mol. The van der Waals surface area contributed by atoms with Gasteiger partial charge in [-0.1, -0.05) is 0 Å². The van der Waals surface area contributed by atoms with Crippen LogP contribution in [-0.2, 0) is 9.47 Å². The Bertz CT molecular complexity index is 621. The van der Waals surface area contributed by atoms with Crippen molar-refractivity contribution in [1.29, 1.82) is 0 Å². The highest BCUT2D eigenvalue weighted by molar-refractivity contribution is 6.09. The first-order chi connectivity index (χ1) is 10.7. The summed E-state index contributed by atoms with van der Waals surface area (Å²) in [5, 5.41) is 0. The van der Waals surface area contributed by atoms with E-state index in [0.717, 1.165) is 6.20 Å². The molecule has 0 spiro atoms. The van der Waals surface area contributed by atoms with Crippen LogP contribution in [-0.4, -0.2) is 28.4 Å². The van der Waals surface area contributed by atoms with Crippen LogP contribution in [0.3, 0.4) is 0 Å². The van der Waals surface area contributed by atoms with Gasteiger partial charge in [0.15, 0.2) is 11.6 Å². The van der Waals surface area contributed by atoms with Crippen molar-refractivity contribution in [3.05, 3.63) is 23.5 Å². The summed E-state index contributed by atoms with van der Waals surface area (Å²) in [6.45, 7) is 10.6. The topological polar surface area (TPSA) is 68.7 Å². The van der Waals surface area contributed by atoms with Gasteiger partial charge in [-0.15, -0.1) is 0 Å². The lowest BCUT2D eigenvalue weighted by molar-refractivity contribution is 0.0427. The third kappa shape index (κ3) is 5.14. The van der Waals surface area contributed by atoms with Gasteiger partial charge in [-0.25, -0.2) is 18.4 Å². The van der Waals surface area contributed by atoms with Crippen molar-refractivity contribution in [2.45, 2.75) is 59.7 Å². The number of ether oxygens (including phenoxy) is 2. The van der Waals surface area contributed by atoms with Crippen LogP contribution in [0.1, 0.15) is 47.2 Å². The number of halogens is 2. The van der Waals surface area contributed by atoms with Crippen LogP contribution in [0.2, 0.25) is 0 Å². The number of hydrogen-bond donors (Lipinski definition) is 0. The standard InChI is InChI=1S/C16H22F2N2O4/c1-9-11(18)12(10(17)8-19-9)20(13(21)23-15(2,3)4)14(22)24-16(5,6)7/h8H,1-7H3. The molecule has 0 atom stereocenters. The van der Waals surface area contributed by atoms with Crippen LogP contribution in [0.5, 0.6) is 0 Å². The minimum Gasteiger partial charge on any atom is -0.443 e. The number of aromatic nitrogens is 1. The number of carbonyl (C=O) groups excluding carboxylic acids is 2. The van der Waals surface area contributed by atoms with Crippen LogP contribution >= 0.6 is 0 Å². The number of amides is 2. The molecule has 1 aromatic heterocycles. The molecule has 0 aliphatic carbocycles. The van der Waals surface area contributed by atoms with Crippen LogP contribution in [0.15, 0.2) is 6.20 Å². The second-order valence-electron chi connectivity index (χ2n) is 7.15. The predicted molar refractivity (Wildman–Crippen MR) is 83.8 cm³/mol. The van der Waals surface area contributed by atoms with E-state index in [1.807, 2.05) is 0 Å². The quantitative estimate of drug-likeness (QED) is 0.758. The van der Waals surface area contributed by atoms with Crippen molar-refractivity contribution >= 4 is 17.9 Å². The van der Waals surface area contributed by atoms with Gasteiger partial charge in [-0.2, -0.15) is 4.90 Å². The summed E-state index contributed by atoms with van der Waals surface area (Å²) in [6, 6.07) is 0. The first-order valence-corrected chi connectivity index (χ1v) is 7.29. The van der Waals surface area contributed by atoms with E-state index >= 15 is 0 Å². The molecular formula is C16H22F2N2O4. The van der Waals surface area contributed by atoms with Crippen molar-refractivity contribution in [2.24, 2.45) is 0 Å². The number of nitrogens with zero attached hydrogens (tertiary/aromatic N) is 2. The summed E-state index contributed by atoms with van der Waals surface area (Å²) in [6.07, 6.45) is -1.78. The van der Waals surface area contributed by atoms with E-state index in [1.54, 1.807) is 41.5 Å². The van der Waals surface area contributed by atoms with Crippen molar-refractivity contribution < 1.29 is 27.8 Å². The summed E-state index contributed by atoms with van der Waals surface area (Å²) < 4.78 is 38.6. The third-order valence-corrected chi connectivity index (χ3v) is 2.50. The molecule has 1 aromatic rings. The Hall–Kier alpha value is -2.25. The molecule has 0 bridgehead atoms. The zero-order chi connectivity index (χ0) is 18.9. The maximum absolute atomic E-state index is 14.3. The number of pyridine rings is 1. The Morgan fingerprint density at radius 1 is 1.00 bits per heavy atom. The molecule has 0 unspecified atom stereocenters. The Morgan fingerprint density at radius 3 is 1.79 bits per heavy atom. The predicted octanol–water partition coefficient (Wildman–Crippen LogP) is 4.34. The van der Waals surface area contributed by atoms with Gasteiger partial charge >= 0.3 is 12.2 Å². The van der Waals surface area contributed by atoms with E-state index in [-0.39, 0.29) is 10.6 Å². The van der Waals surface area contributed by atoms with E-state index in [1.165, 1.54) is 6.92 Å². The van der Waals surface area contributed by atoms with Crippen molar-refractivity contribution in [3.8, 4) is 0 Å². The van der Waals surface area contributed by atoms with Gasteiger partial charge in [-0.05, 0) is 48.5 Å². The molecule has 0 N–H and O–H groups in total. The zero-order valence-electron chi connectivity index (χ0n) is 14.9. The highest BCUT2D eigenvalue weighted by Crippen LogP contribution is 2.28. The first-order valence-electron chi connectivity index (χ1n) is 7.29. The summed E-state index contributed by atoms with van der Waals surface area (Å²) in [7, 11) is 0. The molecule has 0 aliphatic heterocycles. The fraction of sp³-hybridized carbons (Fsp3) is 0.562. The van der Waals surface area contributed by atoms with Crippen LogP contribution in [0.4, 0.5) is 24.1 Å². The maximum Gasteiger partial charge on any atom is 0.424 e. The molecule has 0 saturated heterocycles. The third-order valence-electron chi connectivity index (χ3n) is 2.50. The minimum absolute atomic E-state index is 0.177. The smallest absolute Gasteiger partial charge is 0.424 e. The molecule has 1 heterocycles. The Kier molecular flexibility index (Phi) is 5.53. The van der Waals surface area contributed by atoms with Crippen molar-refractivity contribution in [1.82, 2.24) is 4.98 Å². The number of carbonyl (C=O) groups is 2. The average Bonchev–Trinajstić information content (AvgIpc) is 2.34. The lowest BCUT2D eigenvalue weighted by Gasteiger charge is -2.29. The van der Waals surface area contributed by atoms with Gasteiger partial charge in [-0.3, -0.25) is 4.98 Å². The molecule has 0 aromatic carbocycles. The number of hydrogen-bond acceptors (Lipinski definition) is 5. The van der Waals surface area contributed by atoms with E-state index in [4.69, 9.17) is 9.47 Å². The van der Waals surface area contributed by atoms with Gasteiger partial charge in [0.1, 0.15) is 16.9 Å². The van der Waals surface area contributed by atoms with Crippen LogP contribution in [0.25, 0.3) is 0 Å². The van der Waals surface area contributed by atoms with Gasteiger partial charge in [0.25, 0.3) is 0 Å². The molecule has 1 rings (SSSR count). The largest absolute Gasteiger partial charge is 0.443 e. The minimum atomic E-state index is -1.25. The first kappa shape index (κ1) is 19.8. The highest BCUT2D eigenvalue weighted by atomic mass is 19.1. The van der Waals surface area contributed by atoms with E-state index in [2.05, 4.69) is 4.98 Å². The second kappa shape index (κ2) is 6.70. The van der Waals surface area contributed by atoms with Crippen molar-refractivity contribution in [2.75, 3.05) is 4.90 Å². The molecule has 0 fully saturated rings. The maximum atomic E-state index is 14.3. The molecule has 0 aliphatic rings. The SMILES string of the molecule is Cc1ncc(F)c(N(C(=O)OC(C)(C)C)C(=O)OC(C)(C)C)c1F. The van der Waals surface area contributed by atoms with Crippen molar-refractivity contribution in [3.63, 3.8) is 0 Å². The monoisotopic (exact) mass is 344 g/mol. The number of anilines is 1. The van der Waals surface area contributed by atoms with E-state index < -0.39 is 40.7 Å². The van der Waals surface area contributed by atoms with E-state index in [0.29, 0.717) is 0 Å². The number of aryl methyl sites for hydroxylation is 1. The summed E-state index contributed by atoms with van der Waals surface area (Å²) >= 11 is 0. The Morgan fingerprint density at radius 2 is 1.42 bits per heavy atom. The number of rotatable bonds is 1. The Labute approximate surface area is 139 Å². The van der Waals surface area contributed by atoms with Gasteiger partial charge < -0.3 is 9.47 Å². The van der Waals surface area contributed by atoms with Gasteiger partial charge in [0, 0.05) is 0 Å². The molecule has 2 amide bonds. The van der Waals surface area contributed by atoms with Crippen LogP contribution in [0, 0.1) is 18.6 Å². The zero-order valence-corrected chi connectivity index (χ0v) is 14.9. The summed E-state index contributed by atoms with van der Waals surface area (Å²) in [5.74, 6) is -2.33. The molecule has 6 nitrogen and oxygen atoms in total. The molecule has 8 heteroatoms. The molecular weight excluding hydrogens is 322 g/mol. The fourth-order valence-electron chi connectivity index (χ4n) is 1.62. The molecule has 24 heavy (non-hydrogen) atoms. The molecule has 0 saturated carbocycles. The fourth-order valence-corrected chi connectivity index (χ4v) is 1.62. The Balaban J connectivity index is 3.42. The number of imide groups is 1. The normalized spacial score (nSPS) is 11.9. The van der Waals surface area contributed by atoms with E-state index in [9.17, 15) is 18.4 Å². The van der Waals surface area contributed by atoms with Crippen LogP contribution < -0.4 is 4.90 Å².